The Kier molecular flexibility index (Phi) is 9.55. The minimum Gasteiger partial charge on any atom is -0.493 e. The molecule has 2 unspecified atom stereocenters. The van der Waals surface area contributed by atoms with Crippen LogP contribution >= 0.6 is 0 Å². The summed E-state index contributed by atoms with van der Waals surface area (Å²) in [5.41, 5.74) is 5.86. The molecule has 1 aromatic rings. The van der Waals surface area contributed by atoms with Gasteiger partial charge in [-0.15, -0.1) is 0 Å². The molecular formula is C27H41N3O5. The van der Waals surface area contributed by atoms with Gasteiger partial charge in [-0.3, -0.25) is 14.4 Å². The number of ether oxygens (including phenoxy) is 1. The van der Waals surface area contributed by atoms with E-state index in [4.69, 9.17) is 15.6 Å². The van der Waals surface area contributed by atoms with Crippen molar-refractivity contribution in [1.29, 1.82) is 0 Å². The summed E-state index contributed by atoms with van der Waals surface area (Å²) in [5.74, 6) is -0.390. The summed E-state index contributed by atoms with van der Waals surface area (Å²) < 4.78 is 5.98. The molecule has 0 aromatic heterocycles. The molecule has 2 atom stereocenters. The van der Waals surface area contributed by atoms with Gasteiger partial charge in [-0.25, -0.2) is 0 Å². The van der Waals surface area contributed by atoms with Gasteiger partial charge in [-0.1, -0.05) is 31.5 Å². The number of nitrogens with zero attached hydrogens (tertiary/aromatic N) is 2. The number of rotatable bonds is 11. The summed E-state index contributed by atoms with van der Waals surface area (Å²) in [7, 11) is 2.12. The Labute approximate surface area is 208 Å². The van der Waals surface area contributed by atoms with Crippen LogP contribution in [-0.4, -0.2) is 72.0 Å². The third-order valence-corrected chi connectivity index (χ3v) is 7.80. The minimum absolute atomic E-state index is 0.0104. The molecule has 2 fully saturated rings. The van der Waals surface area contributed by atoms with Crippen molar-refractivity contribution in [2.75, 3.05) is 33.3 Å². The van der Waals surface area contributed by atoms with Crippen LogP contribution in [0.15, 0.2) is 24.3 Å². The van der Waals surface area contributed by atoms with Crippen LogP contribution in [0.3, 0.4) is 0 Å². The first-order chi connectivity index (χ1) is 16.8. The van der Waals surface area contributed by atoms with Crippen molar-refractivity contribution in [2.24, 2.45) is 11.7 Å². The number of unbranched alkanes of at least 4 members (excludes halogenated alkanes) is 1. The number of carbonyl (C=O) groups is 3. The van der Waals surface area contributed by atoms with Gasteiger partial charge in [0.25, 0.3) is 0 Å². The Morgan fingerprint density at radius 1 is 1.14 bits per heavy atom. The van der Waals surface area contributed by atoms with E-state index >= 15 is 0 Å². The molecule has 3 rings (SSSR count). The zero-order chi connectivity index (χ0) is 25.4. The van der Waals surface area contributed by atoms with E-state index in [1.807, 2.05) is 29.2 Å². The van der Waals surface area contributed by atoms with Crippen LogP contribution in [-0.2, 0) is 19.8 Å². The quantitative estimate of drug-likeness (QED) is 0.464. The molecule has 8 heteroatoms. The molecule has 0 saturated carbocycles. The van der Waals surface area contributed by atoms with Crippen LogP contribution < -0.4 is 10.5 Å². The first-order valence-electron chi connectivity index (χ1n) is 13.0. The van der Waals surface area contributed by atoms with Gasteiger partial charge < -0.3 is 25.4 Å². The summed E-state index contributed by atoms with van der Waals surface area (Å²) in [6, 6.07) is 7.74. The van der Waals surface area contributed by atoms with Crippen LogP contribution in [0.5, 0.6) is 5.75 Å². The number of piperidine rings is 2. The molecule has 0 radical (unpaired) electrons. The molecule has 35 heavy (non-hydrogen) atoms. The lowest BCUT2D eigenvalue weighted by Gasteiger charge is -2.44. The maximum absolute atomic E-state index is 13.5. The molecule has 3 N–H and O–H groups in total. The number of aliphatic carboxylic acids is 1. The number of primary amides is 1. The fourth-order valence-electron chi connectivity index (χ4n) is 5.77. The highest BCUT2D eigenvalue weighted by Gasteiger charge is 2.45. The van der Waals surface area contributed by atoms with E-state index in [0.29, 0.717) is 51.1 Å². The van der Waals surface area contributed by atoms with Gasteiger partial charge in [0.1, 0.15) is 5.75 Å². The summed E-state index contributed by atoms with van der Waals surface area (Å²) >= 11 is 0. The summed E-state index contributed by atoms with van der Waals surface area (Å²) in [4.78, 5) is 41.4. The monoisotopic (exact) mass is 487 g/mol. The lowest BCUT2D eigenvalue weighted by molar-refractivity contribution is -0.143. The minimum atomic E-state index is -0.888. The highest BCUT2D eigenvalue weighted by Crippen LogP contribution is 2.41. The highest BCUT2D eigenvalue weighted by atomic mass is 16.5. The van der Waals surface area contributed by atoms with E-state index in [9.17, 15) is 14.4 Å². The predicted molar refractivity (Wildman–Crippen MR) is 134 cm³/mol. The smallest absolute Gasteiger partial charge is 0.303 e. The van der Waals surface area contributed by atoms with Crippen LogP contribution in [0.4, 0.5) is 0 Å². The van der Waals surface area contributed by atoms with Crippen LogP contribution in [0.2, 0.25) is 0 Å². The molecule has 2 aliphatic heterocycles. The molecule has 0 aliphatic carbocycles. The van der Waals surface area contributed by atoms with E-state index in [-0.39, 0.29) is 24.3 Å². The summed E-state index contributed by atoms with van der Waals surface area (Å²) in [5, 5.41) is 8.81. The molecular weight excluding hydrogens is 446 g/mol. The molecule has 2 saturated heterocycles. The van der Waals surface area contributed by atoms with E-state index in [2.05, 4.69) is 18.9 Å². The Morgan fingerprint density at radius 3 is 2.51 bits per heavy atom. The molecule has 0 spiro atoms. The third-order valence-electron chi connectivity index (χ3n) is 7.80. The maximum Gasteiger partial charge on any atom is 0.303 e. The van der Waals surface area contributed by atoms with Crippen molar-refractivity contribution < 1.29 is 24.2 Å². The number of hydrogen-bond donors (Lipinski definition) is 2. The third kappa shape index (κ3) is 6.34. The van der Waals surface area contributed by atoms with E-state index < -0.39 is 17.3 Å². The number of nitrogens with two attached hydrogens (primary N) is 1. The second-order valence-electron chi connectivity index (χ2n) is 10.1. The van der Waals surface area contributed by atoms with Gasteiger partial charge in [-0.2, -0.15) is 0 Å². The van der Waals surface area contributed by atoms with Gasteiger partial charge in [-0.05, 0) is 64.6 Å². The molecule has 2 aliphatic rings. The number of carboxylic acids is 1. The van der Waals surface area contributed by atoms with Crippen molar-refractivity contribution >= 4 is 17.8 Å². The number of para-hydroxylation sites is 1. The molecule has 0 bridgehead atoms. The van der Waals surface area contributed by atoms with E-state index in [1.54, 1.807) is 0 Å². The largest absolute Gasteiger partial charge is 0.493 e. The number of hydrogen-bond acceptors (Lipinski definition) is 5. The molecule has 1 aromatic carbocycles. The van der Waals surface area contributed by atoms with Crippen molar-refractivity contribution in [3.05, 3.63) is 29.8 Å². The predicted octanol–water partition coefficient (Wildman–Crippen LogP) is 3.18. The zero-order valence-corrected chi connectivity index (χ0v) is 21.2. The number of likely N-dealkylation sites (tertiary alicyclic amines) is 2. The Morgan fingerprint density at radius 2 is 1.86 bits per heavy atom. The number of carbonyl (C=O) groups excluding carboxylic acids is 2. The van der Waals surface area contributed by atoms with Crippen LogP contribution in [0.25, 0.3) is 0 Å². The fraction of sp³-hybridized carbons (Fsp3) is 0.667. The molecule has 2 amide bonds. The lowest BCUT2D eigenvalue weighted by Crippen LogP contribution is -2.55. The highest BCUT2D eigenvalue weighted by molar-refractivity contribution is 5.88. The number of amides is 2. The SMILES string of the molecule is CCCC1C(C(=O)N2CCC(C(N)=O)(c3ccccc3OCCCCC(=O)O)CC2)CCCN1C. The van der Waals surface area contributed by atoms with Gasteiger partial charge >= 0.3 is 5.97 Å². The van der Waals surface area contributed by atoms with Crippen molar-refractivity contribution in [3.63, 3.8) is 0 Å². The molecule has 8 nitrogen and oxygen atoms in total. The standard InChI is InChI=1S/C27H41N3O5/c1-3-9-22-20(10-8-16-29(22)2)25(33)30-17-14-27(15-18-30,26(28)34)21-11-4-5-12-23(21)35-19-7-6-13-24(31)32/h4-5,11-12,20,22H,3,6-10,13-19H2,1-2H3,(H2,28,34)(H,31,32). The van der Waals surface area contributed by atoms with Gasteiger partial charge in [0.2, 0.25) is 11.8 Å². The van der Waals surface area contributed by atoms with Crippen LogP contribution in [0.1, 0.15) is 70.3 Å². The normalized spacial score (nSPS) is 22.5. The van der Waals surface area contributed by atoms with E-state index in [1.165, 1.54) is 0 Å². The maximum atomic E-state index is 13.5. The second kappa shape index (κ2) is 12.4. The molecule has 2 heterocycles. The summed E-state index contributed by atoms with van der Waals surface area (Å²) in [6.07, 6.45) is 6.21. The Bertz CT molecular complexity index is 881. The Hall–Kier alpha value is -2.61. The Balaban J connectivity index is 1.70. The van der Waals surface area contributed by atoms with Gasteiger partial charge in [0.05, 0.1) is 17.9 Å². The average Bonchev–Trinajstić information content (AvgIpc) is 2.85. The van der Waals surface area contributed by atoms with Crippen molar-refractivity contribution in [1.82, 2.24) is 9.80 Å². The fourth-order valence-corrected chi connectivity index (χ4v) is 5.77. The lowest BCUT2D eigenvalue weighted by atomic mass is 9.71. The number of benzene rings is 1. The second-order valence-corrected chi connectivity index (χ2v) is 10.1. The molecule has 194 valence electrons. The van der Waals surface area contributed by atoms with E-state index in [0.717, 1.165) is 37.8 Å². The van der Waals surface area contributed by atoms with Gasteiger partial charge in [0.15, 0.2) is 0 Å². The van der Waals surface area contributed by atoms with Gasteiger partial charge in [0, 0.05) is 31.1 Å². The van der Waals surface area contributed by atoms with Crippen molar-refractivity contribution in [2.45, 2.75) is 76.2 Å². The average molecular weight is 488 g/mol. The number of carboxylic acid groups (broad SMARTS) is 1. The first-order valence-corrected chi connectivity index (χ1v) is 13.0. The van der Waals surface area contributed by atoms with Crippen LogP contribution in [0, 0.1) is 5.92 Å². The first kappa shape index (κ1) is 27.0. The van der Waals surface area contributed by atoms with Crippen molar-refractivity contribution in [3.8, 4) is 5.75 Å². The zero-order valence-electron chi connectivity index (χ0n) is 21.2. The topological polar surface area (TPSA) is 113 Å². The summed E-state index contributed by atoms with van der Waals surface area (Å²) in [6.45, 7) is 4.56.